The molecular formula is C15H18N2O2. The molecule has 0 fully saturated rings. The van der Waals surface area contributed by atoms with Gasteiger partial charge in [0, 0.05) is 25.4 Å². The van der Waals surface area contributed by atoms with Crippen LogP contribution in [0.25, 0.3) is 0 Å². The van der Waals surface area contributed by atoms with Gasteiger partial charge in [0.1, 0.15) is 0 Å². The summed E-state index contributed by atoms with van der Waals surface area (Å²) in [6, 6.07) is 9.69. The molecule has 0 radical (unpaired) electrons. The van der Waals surface area contributed by atoms with Crippen molar-refractivity contribution in [2.75, 3.05) is 13.7 Å². The van der Waals surface area contributed by atoms with Gasteiger partial charge in [-0.15, -0.1) is 0 Å². The molecular weight excluding hydrogens is 240 g/mol. The topological polar surface area (TPSA) is 57.4 Å². The van der Waals surface area contributed by atoms with Crippen LogP contribution in [-0.4, -0.2) is 18.7 Å². The van der Waals surface area contributed by atoms with Crippen LogP contribution >= 0.6 is 0 Å². The van der Waals surface area contributed by atoms with Crippen molar-refractivity contribution in [1.29, 1.82) is 0 Å². The van der Waals surface area contributed by atoms with E-state index in [1.807, 2.05) is 36.5 Å². The minimum absolute atomic E-state index is 0.489. The largest absolute Gasteiger partial charge is 0.493 e. The molecule has 0 amide bonds. The highest BCUT2D eigenvalue weighted by Crippen LogP contribution is 2.28. The standard InChI is InChI=1S/C15H18N2O2/c1-18-14-5-4-13(10-16)9-15(14)19-8-6-12-3-2-7-17-11-12/h2-5,7,9,11H,6,8,10,16H2,1H3. The van der Waals surface area contributed by atoms with Crippen LogP contribution in [0.3, 0.4) is 0 Å². The van der Waals surface area contributed by atoms with E-state index in [9.17, 15) is 0 Å². The molecule has 0 atom stereocenters. The molecule has 1 aromatic carbocycles. The van der Waals surface area contributed by atoms with Crippen LogP contribution in [0, 0.1) is 0 Å². The second-order valence-electron chi connectivity index (χ2n) is 4.15. The molecule has 2 rings (SSSR count). The smallest absolute Gasteiger partial charge is 0.161 e. The zero-order chi connectivity index (χ0) is 13.5. The van der Waals surface area contributed by atoms with Gasteiger partial charge in [-0.3, -0.25) is 4.98 Å². The highest BCUT2D eigenvalue weighted by atomic mass is 16.5. The van der Waals surface area contributed by atoms with Gasteiger partial charge in [-0.1, -0.05) is 12.1 Å². The number of benzene rings is 1. The zero-order valence-electron chi connectivity index (χ0n) is 11.0. The summed E-state index contributed by atoms with van der Waals surface area (Å²) in [5.74, 6) is 1.46. The summed E-state index contributed by atoms with van der Waals surface area (Å²) < 4.78 is 11.0. The third kappa shape index (κ3) is 3.69. The van der Waals surface area contributed by atoms with Crippen molar-refractivity contribution < 1.29 is 9.47 Å². The van der Waals surface area contributed by atoms with Gasteiger partial charge in [0.15, 0.2) is 11.5 Å². The van der Waals surface area contributed by atoms with Gasteiger partial charge >= 0.3 is 0 Å². The van der Waals surface area contributed by atoms with Crippen LogP contribution in [0.1, 0.15) is 11.1 Å². The Balaban J connectivity index is 1.98. The van der Waals surface area contributed by atoms with Crippen molar-refractivity contribution in [3.05, 3.63) is 53.9 Å². The molecule has 1 aromatic heterocycles. The van der Waals surface area contributed by atoms with Crippen molar-refractivity contribution in [3.8, 4) is 11.5 Å². The summed E-state index contributed by atoms with van der Waals surface area (Å²) in [5, 5.41) is 0. The lowest BCUT2D eigenvalue weighted by Crippen LogP contribution is -2.04. The first kappa shape index (κ1) is 13.4. The first-order valence-electron chi connectivity index (χ1n) is 6.22. The molecule has 0 aliphatic heterocycles. The Hall–Kier alpha value is -2.07. The average molecular weight is 258 g/mol. The number of pyridine rings is 1. The SMILES string of the molecule is COc1ccc(CN)cc1OCCc1cccnc1. The summed E-state index contributed by atoms with van der Waals surface area (Å²) in [7, 11) is 1.63. The van der Waals surface area contributed by atoms with E-state index in [4.69, 9.17) is 15.2 Å². The van der Waals surface area contributed by atoms with Crippen molar-refractivity contribution >= 4 is 0 Å². The van der Waals surface area contributed by atoms with Crippen LogP contribution in [0.5, 0.6) is 11.5 Å². The van der Waals surface area contributed by atoms with Gasteiger partial charge in [0.05, 0.1) is 13.7 Å². The van der Waals surface area contributed by atoms with Gasteiger partial charge < -0.3 is 15.2 Å². The summed E-state index contributed by atoms with van der Waals surface area (Å²) in [5.41, 5.74) is 7.80. The van der Waals surface area contributed by atoms with Crippen LogP contribution < -0.4 is 15.2 Å². The van der Waals surface area contributed by atoms with Gasteiger partial charge in [-0.25, -0.2) is 0 Å². The molecule has 0 aliphatic rings. The van der Waals surface area contributed by atoms with Crippen molar-refractivity contribution in [2.24, 2.45) is 5.73 Å². The molecule has 2 aromatic rings. The maximum Gasteiger partial charge on any atom is 0.161 e. The molecule has 0 spiro atoms. The van der Waals surface area contributed by atoms with E-state index in [1.165, 1.54) is 0 Å². The lowest BCUT2D eigenvalue weighted by atomic mass is 10.2. The van der Waals surface area contributed by atoms with Crippen LogP contribution in [0.4, 0.5) is 0 Å². The van der Waals surface area contributed by atoms with E-state index < -0.39 is 0 Å². The van der Waals surface area contributed by atoms with Gasteiger partial charge in [0.25, 0.3) is 0 Å². The number of rotatable bonds is 6. The molecule has 0 saturated heterocycles. The van der Waals surface area contributed by atoms with Gasteiger partial charge in [-0.2, -0.15) is 0 Å². The van der Waals surface area contributed by atoms with E-state index >= 15 is 0 Å². The fraction of sp³-hybridized carbons (Fsp3) is 0.267. The Morgan fingerprint density at radius 2 is 2.05 bits per heavy atom. The summed E-state index contributed by atoms with van der Waals surface area (Å²) in [6.07, 6.45) is 4.42. The Morgan fingerprint density at radius 1 is 1.16 bits per heavy atom. The Labute approximate surface area is 113 Å². The van der Waals surface area contributed by atoms with E-state index in [-0.39, 0.29) is 0 Å². The van der Waals surface area contributed by atoms with E-state index in [0.717, 1.165) is 29.0 Å². The summed E-state index contributed by atoms with van der Waals surface area (Å²) >= 11 is 0. The molecule has 2 N–H and O–H groups in total. The van der Waals surface area contributed by atoms with Crippen LogP contribution in [-0.2, 0) is 13.0 Å². The molecule has 4 heteroatoms. The second kappa shape index (κ2) is 6.75. The van der Waals surface area contributed by atoms with E-state index in [2.05, 4.69) is 4.98 Å². The second-order valence-corrected chi connectivity index (χ2v) is 4.15. The number of nitrogens with zero attached hydrogens (tertiary/aromatic N) is 1. The fourth-order valence-electron chi connectivity index (χ4n) is 1.79. The Bertz CT molecular complexity index is 515. The molecule has 0 saturated carbocycles. The monoisotopic (exact) mass is 258 g/mol. The predicted molar refractivity (Wildman–Crippen MR) is 74.3 cm³/mol. The molecule has 1 heterocycles. The van der Waals surface area contributed by atoms with Crippen molar-refractivity contribution in [3.63, 3.8) is 0 Å². The lowest BCUT2D eigenvalue weighted by molar-refractivity contribution is 0.297. The maximum atomic E-state index is 5.77. The minimum atomic E-state index is 0.489. The van der Waals surface area contributed by atoms with Gasteiger partial charge in [0.2, 0.25) is 0 Å². The number of methoxy groups -OCH3 is 1. The average Bonchev–Trinajstić information content (AvgIpc) is 2.48. The van der Waals surface area contributed by atoms with Crippen molar-refractivity contribution in [1.82, 2.24) is 4.98 Å². The first-order chi connectivity index (χ1) is 9.33. The Morgan fingerprint density at radius 3 is 2.74 bits per heavy atom. The van der Waals surface area contributed by atoms with Crippen LogP contribution in [0.15, 0.2) is 42.7 Å². The molecule has 0 bridgehead atoms. The van der Waals surface area contributed by atoms with Crippen LogP contribution in [0.2, 0.25) is 0 Å². The number of aromatic nitrogens is 1. The lowest BCUT2D eigenvalue weighted by Gasteiger charge is -2.11. The summed E-state index contributed by atoms with van der Waals surface area (Å²) in [6.45, 7) is 1.07. The Kier molecular flexibility index (Phi) is 4.75. The summed E-state index contributed by atoms with van der Waals surface area (Å²) in [4.78, 5) is 4.07. The van der Waals surface area contributed by atoms with E-state index in [1.54, 1.807) is 13.3 Å². The van der Waals surface area contributed by atoms with Gasteiger partial charge in [-0.05, 0) is 29.3 Å². The third-order valence-electron chi connectivity index (χ3n) is 2.83. The quantitative estimate of drug-likeness (QED) is 0.862. The van der Waals surface area contributed by atoms with Crippen molar-refractivity contribution in [2.45, 2.75) is 13.0 Å². The maximum absolute atomic E-state index is 5.77. The highest BCUT2D eigenvalue weighted by molar-refractivity contribution is 5.42. The molecule has 0 aliphatic carbocycles. The first-order valence-corrected chi connectivity index (χ1v) is 6.22. The minimum Gasteiger partial charge on any atom is -0.493 e. The fourth-order valence-corrected chi connectivity index (χ4v) is 1.79. The highest BCUT2D eigenvalue weighted by Gasteiger charge is 2.05. The predicted octanol–water partition coefficient (Wildman–Crippen LogP) is 2.17. The number of ether oxygens (including phenoxy) is 2. The molecule has 4 nitrogen and oxygen atoms in total. The van der Waals surface area contributed by atoms with E-state index in [0.29, 0.717) is 13.2 Å². The number of hydrogen-bond donors (Lipinski definition) is 1. The third-order valence-corrected chi connectivity index (χ3v) is 2.83. The molecule has 100 valence electrons. The zero-order valence-corrected chi connectivity index (χ0v) is 11.0. The normalized spacial score (nSPS) is 10.2. The number of nitrogens with two attached hydrogens (primary N) is 1. The number of hydrogen-bond acceptors (Lipinski definition) is 4. The molecule has 19 heavy (non-hydrogen) atoms. The molecule has 0 unspecified atom stereocenters.